The van der Waals surface area contributed by atoms with Crippen LogP contribution in [0.15, 0.2) is 29.6 Å². The first kappa shape index (κ1) is 15.1. The third-order valence-corrected chi connectivity index (χ3v) is 4.99. The number of halogens is 1. The third-order valence-electron chi connectivity index (χ3n) is 4.12. The fourth-order valence-corrected chi connectivity index (χ4v) is 3.71. The van der Waals surface area contributed by atoms with E-state index in [0.29, 0.717) is 28.7 Å². The Kier molecular flexibility index (Phi) is 4.49. The number of hydrogen-bond donors (Lipinski definition) is 2. The molecule has 116 valence electrons. The lowest BCUT2D eigenvalue weighted by atomic mass is 10.0. The maximum Gasteiger partial charge on any atom is 0.271 e. The van der Waals surface area contributed by atoms with Gasteiger partial charge in [-0.15, -0.1) is 11.3 Å². The molecule has 3 rings (SSSR count). The SMILES string of the molecule is NCC1CCCC1NC(=O)c1csc(-c2ccccc2F)n1. The minimum absolute atomic E-state index is 0.121. The van der Waals surface area contributed by atoms with Crippen molar-refractivity contribution in [3.8, 4) is 10.6 Å². The van der Waals surface area contributed by atoms with E-state index >= 15 is 0 Å². The van der Waals surface area contributed by atoms with Gasteiger partial charge in [-0.25, -0.2) is 9.37 Å². The van der Waals surface area contributed by atoms with Crippen molar-refractivity contribution in [2.45, 2.75) is 25.3 Å². The highest BCUT2D eigenvalue weighted by molar-refractivity contribution is 7.13. The van der Waals surface area contributed by atoms with Gasteiger partial charge in [-0.3, -0.25) is 4.79 Å². The van der Waals surface area contributed by atoms with E-state index in [1.807, 2.05) is 0 Å². The molecule has 2 unspecified atom stereocenters. The van der Waals surface area contributed by atoms with Gasteiger partial charge >= 0.3 is 0 Å². The summed E-state index contributed by atoms with van der Waals surface area (Å²) in [7, 11) is 0. The van der Waals surface area contributed by atoms with E-state index in [-0.39, 0.29) is 17.8 Å². The first-order valence-electron chi connectivity index (χ1n) is 7.40. The minimum atomic E-state index is -0.331. The molecule has 0 bridgehead atoms. The van der Waals surface area contributed by atoms with Gasteiger partial charge in [0.25, 0.3) is 5.91 Å². The Labute approximate surface area is 132 Å². The normalized spacial score (nSPS) is 21.0. The molecule has 1 aromatic carbocycles. The molecule has 1 saturated carbocycles. The van der Waals surface area contributed by atoms with E-state index < -0.39 is 0 Å². The van der Waals surface area contributed by atoms with E-state index in [2.05, 4.69) is 10.3 Å². The van der Waals surface area contributed by atoms with Gasteiger partial charge in [0.1, 0.15) is 16.5 Å². The van der Waals surface area contributed by atoms with Crippen LogP contribution in [0, 0.1) is 11.7 Å². The molecule has 0 saturated heterocycles. The molecule has 1 amide bonds. The van der Waals surface area contributed by atoms with Gasteiger partial charge in [-0.2, -0.15) is 0 Å². The summed E-state index contributed by atoms with van der Waals surface area (Å²) in [5.41, 5.74) is 6.49. The highest BCUT2D eigenvalue weighted by atomic mass is 32.1. The average molecular weight is 319 g/mol. The molecule has 1 heterocycles. The van der Waals surface area contributed by atoms with Crippen LogP contribution in [0.1, 0.15) is 29.8 Å². The minimum Gasteiger partial charge on any atom is -0.348 e. The summed E-state index contributed by atoms with van der Waals surface area (Å²) in [6.45, 7) is 0.586. The van der Waals surface area contributed by atoms with Crippen LogP contribution in [0.5, 0.6) is 0 Å². The Bertz CT molecular complexity index is 673. The van der Waals surface area contributed by atoms with Crippen LogP contribution in [-0.2, 0) is 0 Å². The lowest BCUT2D eigenvalue weighted by Crippen LogP contribution is -2.40. The molecule has 1 aliphatic rings. The monoisotopic (exact) mass is 319 g/mol. The molecule has 0 radical (unpaired) electrons. The zero-order valence-electron chi connectivity index (χ0n) is 12.1. The summed E-state index contributed by atoms with van der Waals surface area (Å²) in [6, 6.07) is 6.56. The molecule has 1 aromatic heterocycles. The van der Waals surface area contributed by atoms with Gasteiger partial charge in [0.15, 0.2) is 0 Å². The molecule has 1 fully saturated rings. The molecular formula is C16H18FN3OS. The number of rotatable bonds is 4. The molecule has 3 N–H and O–H groups in total. The molecule has 0 aliphatic heterocycles. The highest BCUT2D eigenvalue weighted by Gasteiger charge is 2.28. The van der Waals surface area contributed by atoms with E-state index in [4.69, 9.17) is 5.73 Å². The summed E-state index contributed by atoms with van der Waals surface area (Å²) in [5.74, 6) is -0.194. The van der Waals surface area contributed by atoms with E-state index in [1.54, 1.807) is 23.6 Å². The predicted molar refractivity (Wildman–Crippen MR) is 85.2 cm³/mol. The zero-order valence-corrected chi connectivity index (χ0v) is 12.9. The number of benzene rings is 1. The quantitative estimate of drug-likeness (QED) is 0.910. The largest absolute Gasteiger partial charge is 0.348 e. The molecule has 22 heavy (non-hydrogen) atoms. The second-order valence-corrected chi connectivity index (χ2v) is 6.38. The van der Waals surface area contributed by atoms with E-state index in [0.717, 1.165) is 19.3 Å². The maximum atomic E-state index is 13.8. The van der Waals surface area contributed by atoms with Crippen molar-refractivity contribution >= 4 is 17.2 Å². The van der Waals surface area contributed by atoms with Gasteiger partial charge in [0, 0.05) is 17.0 Å². The predicted octanol–water partition coefficient (Wildman–Crippen LogP) is 2.81. The van der Waals surface area contributed by atoms with Crippen molar-refractivity contribution in [3.05, 3.63) is 41.2 Å². The molecule has 6 heteroatoms. The summed E-state index contributed by atoms with van der Waals surface area (Å²) in [6.07, 6.45) is 3.10. The van der Waals surface area contributed by atoms with Crippen molar-refractivity contribution < 1.29 is 9.18 Å². The van der Waals surface area contributed by atoms with Crippen molar-refractivity contribution in [3.63, 3.8) is 0 Å². The Hall–Kier alpha value is -1.79. The topological polar surface area (TPSA) is 68.0 Å². The lowest BCUT2D eigenvalue weighted by molar-refractivity contribution is 0.0924. The van der Waals surface area contributed by atoms with Crippen molar-refractivity contribution in [2.24, 2.45) is 11.7 Å². The van der Waals surface area contributed by atoms with Gasteiger partial charge in [0.2, 0.25) is 0 Å². The maximum absolute atomic E-state index is 13.8. The third kappa shape index (κ3) is 3.03. The lowest BCUT2D eigenvalue weighted by Gasteiger charge is -2.18. The van der Waals surface area contributed by atoms with Crippen LogP contribution in [0.3, 0.4) is 0 Å². The van der Waals surface area contributed by atoms with Gasteiger partial charge in [-0.05, 0) is 37.4 Å². The number of hydrogen-bond acceptors (Lipinski definition) is 4. The van der Waals surface area contributed by atoms with Gasteiger partial charge in [-0.1, -0.05) is 18.6 Å². The number of thiazole rings is 1. The smallest absolute Gasteiger partial charge is 0.271 e. The second kappa shape index (κ2) is 6.54. The fourth-order valence-electron chi connectivity index (χ4n) is 2.89. The van der Waals surface area contributed by atoms with Crippen molar-refractivity contribution in [1.29, 1.82) is 0 Å². The zero-order chi connectivity index (χ0) is 15.5. The number of nitrogens with one attached hydrogen (secondary N) is 1. The Balaban J connectivity index is 1.73. The Morgan fingerprint density at radius 2 is 2.23 bits per heavy atom. The van der Waals surface area contributed by atoms with Crippen molar-refractivity contribution in [2.75, 3.05) is 6.54 Å². The Morgan fingerprint density at radius 1 is 1.41 bits per heavy atom. The highest BCUT2D eigenvalue weighted by Crippen LogP contribution is 2.27. The molecule has 0 spiro atoms. The van der Waals surface area contributed by atoms with Crippen LogP contribution < -0.4 is 11.1 Å². The van der Waals surface area contributed by atoms with Crippen LogP contribution in [0.25, 0.3) is 10.6 Å². The summed E-state index contributed by atoms with van der Waals surface area (Å²) in [5, 5.41) is 5.20. The second-order valence-electron chi connectivity index (χ2n) is 5.52. The van der Waals surface area contributed by atoms with E-state index in [1.165, 1.54) is 17.4 Å². The van der Waals surface area contributed by atoms with Crippen LogP contribution in [0.4, 0.5) is 4.39 Å². The Morgan fingerprint density at radius 3 is 3.00 bits per heavy atom. The number of nitrogens with two attached hydrogens (primary N) is 1. The number of carbonyl (C=O) groups is 1. The van der Waals surface area contributed by atoms with Crippen molar-refractivity contribution in [1.82, 2.24) is 10.3 Å². The molecule has 2 atom stereocenters. The number of amides is 1. The number of carbonyl (C=O) groups excluding carboxylic acids is 1. The molecular weight excluding hydrogens is 301 g/mol. The van der Waals surface area contributed by atoms with E-state index in [9.17, 15) is 9.18 Å². The molecule has 2 aromatic rings. The standard InChI is InChI=1S/C16H18FN3OS/c17-12-6-2-1-5-11(12)16-20-14(9-22-16)15(21)19-13-7-3-4-10(13)8-18/h1-2,5-6,9-10,13H,3-4,7-8,18H2,(H,19,21). The first-order valence-corrected chi connectivity index (χ1v) is 8.28. The van der Waals surface area contributed by atoms with Crippen LogP contribution in [0.2, 0.25) is 0 Å². The molecule has 1 aliphatic carbocycles. The number of aromatic nitrogens is 1. The van der Waals surface area contributed by atoms with Crippen LogP contribution in [-0.4, -0.2) is 23.5 Å². The molecule has 4 nitrogen and oxygen atoms in total. The summed E-state index contributed by atoms with van der Waals surface area (Å²) >= 11 is 1.27. The fraction of sp³-hybridized carbons (Fsp3) is 0.375. The van der Waals surface area contributed by atoms with Crippen LogP contribution >= 0.6 is 11.3 Å². The van der Waals surface area contributed by atoms with Gasteiger partial charge < -0.3 is 11.1 Å². The average Bonchev–Trinajstić information content (AvgIpc) is 3.16. The summed E-state index contributed by atoms with van der Waals surface area (Å²) in [4.78, 5) is 16.6. The number of nitrogens with zero attached hydrogens (tertiary/aromatic N) is 1. The van der Waals surface area contributed by atoms with Gasteiger partial charge in [0.05, 0.1) is 0 Å². The summed E-state index contributed by atoms with van der Waals surface area (Å²) < 4.78 is 13.8. The first-order chi connectivity index (χ1) is 10.7.